The second kappa shape index (κ2) is 6.12. The first-order valence-corrected chi connectivity index (χ1v) is 6.59. The van der Waals surface area contributed by atoms with Crippen LogP contribution in [0.15, 0.2) is 24.3 Å². The zero-order chi connectivity index (χ0) is 13.8. The zero-order valence-corrected chi connectivity index (χ0v) is 11.2. The average molecular weight is 265 g/mol. The van der Waals surface area contributed by atoms with Gasteiger partial charge in [0.15, 0.2) is 0 Å². The van der Waals surface area contributed by atoms with Crippen molar-refractivity contribution in [1.82, 2.24) is 16.2 Å². The first kappa shape index (κ1) is 14.0. The number of amides is 1. The van der Waals surface area contributed by atoms with Crippen molar-refractivity contribution in [2.45, 2.75) is 19.9 Å². The summed E-state index contributed by atoms with van der Waals surface area (Å²) in [7, 11) is 0. The minimum atomic E-state index is -0.268. The number of nitrogens with one attached hydrogen (secondary N) is 3. The van der Waals surface area contributed by atoms with E-state index in [1.54, 1.807) is 12.1 Å². The molecule has 2 atom stereocenters. The number of hydrazine groups is 1. The Morgan fingerprint density at radius 1 is 1.42 bits per heavy atom. The van der Waals surface area contributed by atoms with Gasteiger partial charge in [0.1, 0.15) is 5.82 Å². The topological polar surface area (TPSA) is 53.2 Å². The second-order valence-corrected chi connectivity index (χ2v) is 5.30. The molecule has 5 heteroatoms. The molecular formula is C14H20FN3O. The first-order valence-electron chi connectivity index (χ1n) is 6.59. The molecule has 1 amide bonds. The van der Waals surface area contributed by atoms with Gasteiger partial charge in [-0.25, -0.2) is 9.82 Å². The van der Waals surface area contributed by atoms with E-state index in [9.17, 15) is 9.18 Å². The van der Waals surface area contributed by atoms with Crippen molar-refractivity contribution >= 4 is 5.91 Å². The Bertz CT molecular complexity index is 433. The standard InChI is InChI=1S/C14H20FN3O/c1-9(2)7-16-14(19)12-8-17-18-13(12)10-3-5-11(15)6-4-10/h3-6,9,12-13,17-18H,7-8H2,1-2H3,(H,16,19). The number of carbonyl (C=O) groups excluding carboxylic acids is 1. The van der Waals surface area contributed by atoms with Gasteiger partial charge in [0.25, 0.3) is 0 Å². The van der Waals surface area contributed by atoms with Gasteiger partial charge in [-0.2, -0.15) is 0 Å². The van der Waals surface area contributed by atoms with E-state index in [1.807, 2.05) is 0 Å². The van der Waals surface area contributed by atoms with E-state index < -0.39 is 0 Å². The summed E-state index contributed by atoms with van der Waals surface area (Å²) in [4.78, 5) is 12.1. The van der Waals surface area contributed by atoms with Crippen LogP contribution >= 0.6 is 0 Å². The van der Waals surface area contributed by atoms with E-state index in [4.69, 9.17) is 0 Å². The zero-order valence-electron chi connectivity index (χ0n) is 11.2. The Labute approximate surface area is 112 Å². The van der Waals surface area contributed by atoms with E-state index in [1.165, 1.54) is 12.1 Å². The van der Waals surface area contributed by atoms with Crippen molar-refractivity contribution < 1.29 is 9.18 Å². The lowest BCUT2D eigenvalue weighted by atomic mass is 9.94. The summed E-state index contributed by atoms with van der Waals surface area (Å²) >= 11 is 0. The molecule has 19 heavy (non-hydrogen) atoms. The minimum absolute atomic E-state index is 0.0283. The number of halogens is 1. The van der Waals surface area contributed by atoms with Crippen LogP contribution in [0.3, 0.4) is 0 Å². The average Bonchev–Trinajstić information content (AvgIpc) is 2.86. The van der Waals surface area contributed by atoms with Crippen LogP contribution in [0.2, 0.25) is 0 Å². The lowest BCUT2D eigenvalue weighted by Crippen LogP contribution is -2.36. The van der Waals surface area contributed by atoms with Gasteiger partial charge in [-0.05, 0) is 23.6 Å². The van der Waals surface area contributed by atoms with Crippen molar-refractivity contribution in [3.05, 3.63) is 35.6 Å². The molecule has 0 aromatic heterocycles. The molecule has 1 saturated heterocycles. The summed E-state index contributed by atoms with van der Waals surface area (Å²) in [6, 6.07) is 6.13. The molecule has 0 spiro atoms. The summed E-state index contributed by atoms with van der Waals surface area (Å²) in [5.74, 6) is 0.00999. The smallest absolute Gasteiger partial charge is 0.226 e. The number of hydrogen-bond donors (Lipinski definition) is 3. The Morgan fingerprint density at radius 3 is 2.74 bits per heavy atom. The molecule has 1 aliphatic rings. The largest absolute Gasteiger partial charge is 0.356 e. The number of hydrogen-bond acceptors (Lipinski definition) is 3. The molecule has 4 nitrogen and oxygen atoms in total. The van der Waals surface area contributed by atoms with Crippen molar-refractivity contribution in [3.63, 3.8) is 0 Å². The predicted octanol–water partition coefficient (Wildman–Crippen LogP) is 1.36. The van der Waals surface area contributed by atoms with Crippen LogP contribution in [0.5, 0.6) is 0 Å². The highest BCUT2D eigenvalue weighted by Gasteiger charge is 2.33. The van der Waals surface area contributed by atoms with Crippen molar-refractivity contribution in [3.8, 4) is 0 Å². The molecule has 104 valence electrons. The quantitative estimate of drug-likeness (QED) is 0.770. The number of carbonyl (C=O) groups is 1. The van der Waals surface area contributed by atoms with Crippen molar-refractivity contribution in [2.24, 2.45) is 11.8 Å². The fraction of sp³-hybridized carbons (Fsp3) is 0.500. The summed E-state index contributed by atoms with van der Waals surface area (Å²) < 4.78 is 12.9. The van der Waals surface area contributed by atoms with Gasteiger partial charge in [-0.1, -0.05) is 26.0 Å². The molecule has 1 aliphatic heterocycles. The van der Waals surface area contributed by atoms with Crippen LogP contribution in [-0.4, -0.2) is 19.0 Å². The summed E-state index contributed by atoms with van der Waals surface area (Å²) in [6.45, 7) is 5.36. The summed E-state index contributed by atoms with van der Waals surface area (Å²) in [5.41, 5.74) is 6.99. The van der Waals surface area contributed by atoms with Crippen molar-refractivity contribution in [2.75, 3.05) is 13.1 Å². The Hall–Kier alpha value is -1.46. The van der Waals surface area contributed by atoms with Gasteiger partial charge < -0.3 is 5.32 Å². The molecule has 2 rings (SSSR count). The van der Waals surface area contributed by atoms with Gasteiger partial charge in [-0.15, -0.1) is 0 Å². The van der Waals surface area contributed by atoms with Crippen molar-refractivity contribution in [1.29, 1.82) is 0 Å². The molecule has 1 heterocycles. The molecule has 0 saturated carbocycles. The molecular weight excluding hydrogens is 245 g/mol. The fourth-order valence-corrected chi connectivity index (χ4v) is 2.16. The van der Waals surface area contributed by atoms with Crippen LogP contribution in [0.25, 0.3) is 0 Å². The van der Waals surface area contributed by atoms with Gasteiger partial charge in [0.2, 0.25) is 5.91 Å². The van der Waals surface area contributed by atoms with E-state index >= 15 is 0 Å². The highest BCUT2D eigenvalue weighted by molar-refractivity contribution is 5.80. The highest BCUT2D eigenvalue weighted by atomic mass is 19.1. The van der Waals surface area contributed by atoms with Gasteiger partial charge >= 0.3 is 0 Å². The molecule has 1 aromatic carbocycles. The van der Waals surface area contributed by atoms with Gasteiger partial charge in [-0.3, -0.25) is 10.2 Å². The lowest BCUT2D eigenvalue weighted by molar-refractivity contribution is -0.125. The van der Waals surface area contributed by atoms with E-state index in [-0.39, 0.29) is 23.7 Å². The SMILES string of the molecule is CC(C)CNC(=O)C1CNNC1c1ccc(F)cc1. The monoisotopic (exact) mass is 265 g/mol. The first-order chi connectivity index (χ1) is 9.08. The molecule has 1 fully saturated rings. The fourth-order valence-electron chi connectivity index (χ4n) is 2.16. The molecule has 0 aliphatic carbocycles. The van der Waals surface area contributed by atoms with Crippen LogP contribution in [0, 0.1) is 17.7 Å². The lowest BCUT2D eigenvalue weighted by Gasteiger charge is -2.19. The van der Waals surface area contributed by atoms with E-state index in [0.717, 1.165) is 5.56 Å². The maximum atomic E-state index is 12.9. The van der Waals surface area contributed by atoms with E-state index in [2.05, 4.69) is 30.0 Å². The maximum absolute atomic E-state index is 12.9. The Kier molecular flexibility index (Phi) is 4.50. The normalized spacial score (nSPS) is 22.7. The third-order valence-corrected chi connectivity index (χ3v) is 3.23. The van der Waals surface area contributed by atoms with Crippen LogP contribution in [-0.2, 0) is 4.79 Å². The van der Waals surface area contributed by atoms with Crippen LogP contribution < -0.4 is 16.2 Å². The third kappa shape index (κ3) is 3.52. The van der Waals surface area contributed by atoms with Gasteiger partial charge in [0.05, 0.1) is 12.0 Å². The number of benzene rings is 1. The van der Waals surface area contributed by atoms with Crippen LogP contribution in [0.1, 0.15) is 25.5 Å². The van der Waals surface area contributed by atoms with E-state index in [0.29, 0.717) is 19.0 Å². The maximum Gasteiger partial charge on any atom is 0.226 e. The molecule has 3 N–H and O–H groups in total. The Morgan fingerprint density at radius 2 is 2.11 bits per heavy atom. The predicted molar refractivity (Wildman–Crippen MR) is 71.6 cm³/mol. The molecule has 0 bridgehead atoms. The summed E-state index contributed by atoms with van der Waals surface area (Å²) in [5, 5.41) is 2.94. The molecule has 2 unspecified atom stereocenters. The molecule has 1 aromatic rings. The minimum Gasteiger partial charge on any atom is -0.356 e. The highest BCUT2D eigenvalue weighted by Crippen LogP contribution is 2.25. The molecule has 0 radical (unpaired) electrons. The summed E-state index contributed by atoms with van der Waals surface area (Å²) in [6.07, 6.45) is 0. The van der Waals surface area contributed by atoms with Gasteiger partial charge in [0, 0.05) is 13.1 Å². The Balaban J connectivity index is 2.04. The second-order valence-electron chi connectivity index (χ2n) is 5.30. The third-order valence-electron chi connectivity index (χ3n) is 3.23. The van der Waals surface area contributed by atoms with Crippen LogP contribution in [0.4, 0.5) is 4.39 Å². The number of rotatable bonds is 4.